The summed E-state index contributed by atoms with van der Waals surface area (Å²) < 4.78 is 15.2. The van der Waals surface area contributed by atoms with Crippen LogP contribution in [-0.4, -0.2) is 48.8 Å². The third-order valence-corrected chi connectivity index (χ3v) is 3.79. The van der Waals surface area contributed by atoms with Crippen LogP contribution in [0, 0.1) is 0 Å². The van der Waals surface area contributed by atoms with Crippen LogP contribution in [0.5, 0.6) is 0 Å². The lowest BCUT2D eigenvalue weighted by Crippen LogP contribution is -2.35. The zero-order valence-corrected chi connectivity index (χ0v) is 16.0. The predicted molar refractivity (Wildman–Crippen MR) is 99.8 cm³/mol. The van der Waals surface area contributed by atoms with Gasteiger partial charge in [0.05, 0.1) is 13.7 Å². The molecule has 0 saturated heterocycles. The first-order chi connectivity index (χ1) is 13.0. The van der Waals surface area contributed by atoms with Crippen LogP contribution in [0.2, 0.25) is 5.02 Å². The van der Waals surface area contributed by atoms with Crippen LogP contribution in [0.3, 0.4) is 0 Å². The molecule has 27 heavy (non-hydrogen) atoms. The van der Waals surface area contributed by atoms with Crippen molar-refractivity contribution in [2.75, 3.05) is 32.2 Å². The quantitative estimate of drug-likeness (QED) is 0.515. The number of amides is 2. The lowest BCUT2D eigenvalue weighted by molar-refractivity contribution is 0.0594. The van der Waals surface area contributed by atoms with Crippen LogP contribution < -0.4 is 5.32 Å². The van der Waals surface area contributed by atoms with Gasteiger partial charge in [0.25, 0.3) is 0 Å². The van der Waals surface area contributed by atoms with Gasteiger partial charge in [-0.3, -0.25) is 0 Å². The normalized spacial score (nSPS) is 10.5. The SMILES string of the molecule is CCOCCCN(Cc1nc(C(=O)OC)co1)C(=O)Nc1cccc(Cl)c1. The van der Waals surface area contributed by atoms with E-state index < -0.39 is 5.97 Å². The molecule has 0 fully saturated rings. The first-order valence-electron chi connectivity index (χ1n) is 8.45. The summed E-state index contributed by atoms with van der Waals surface area (Å²) >= 11 is 5.95. The Hall–Kier alpha value is -2.58. The summed E-state index contributed by atoms with van der Waals surface area (Å²) in [5, 5.41) is 3.30. The molecule has 0 aliphatic carbocycles. The zero-order valence-electron chi connectivity index (χ0n) is 15.2. The second-order valence-corrected chi connectivity index (χ2v) is 5.97. The van der Waals surface area contributed by atoms with E-state index in [2.05, 4.69) is 15.0 Å². The van der Waals surface area contributed by atoms with Crippen molar-refractivity contribution in [3.8, 4) is 0 Å². The molecule has 0 radical (unpaired) electrons. The van der Waals surface area contributed by atoms with Gasteiger partial charge in [0, 0.05) is 30.5 Å². The van der Waals surface area contributed by atoms with Gasteiger partial charge < -0.3 is 24.1 Å². The average molecular weight is 396 g/mol. The highest BCUT2D eigenvalue weighted by molar-refractivity contribution is 6.30. The monoisotopic (exact) mass is 395 g/mol. The minimum atomic E-state index is -0.601. The highest BCUT2D eigenvalue weighted by Crippen LogP contribution is 2.16. The molecule has 1 N–H and O–H groups in total. The van der Waals surface area contributed by atoms with Crippen molar-refractivity contribution < 1.29 is 23.5 Å². The van der Waals surface area contributed by atoms with Gasteiger partial charge in [-0.05, 0) is 31.5 Å². The second kappa shape index (κ2) is 10.5. The number of oxazole rings is 1. The molecule has 0 atom stereocenters. The molecule has 0 bridgehead atoms. The number of hydrogen-bond donors (Lipinski definition) is 1. The van der Waals surface area contributed by atoms with Gasteiger partial charge in [-0.15, -0.1) is 0 Å². The molecule has 9 heteroatoms. The third kappa shape index (κ3) is 6.58. The third-order valence-electron chi connectivity index (χ3n) is 3.56. The molecule has 2 amide bonds. The van der Waals surface area contributed by atoms with E-state index in [1.807, 2.05) is 6.92 Å². The molecule has 0 aliphatic heterocycles. The molecule has 0 spiro atoms. The van der Waals surface area contributed by atoms with E-state index >= 15 is 0 Å². The second-order valence-electron chi connectivity index (χ2n) is 5.53. The number of nitrogens with zero attached hydrogens (tertiary/aromatic N) is 2. The Morgan fingerprint density at radius 2 is 2.19 bits per heavy atom. The summed E-state index contributed by atoms with van der Waals surface area (Å²) in [4.78, 5) is 29.7. The van der Waals surface area contributed by atoms with Crippen LogP contribution in [0.4, 0.5) is 10.5 Å². The zero-order chi connectivity index (χ0) is 19.6. The minimum absolute atomic E-state index is 0.0528. The number of hydrogen-bond acceptors (Lipinski definition) is 6. The number of urea groups is 1. The van der Waals surface area contributed by atoms with Crippen molar-refractivity contribution in [2.24, 2.45) is 0 Å². The predicted octanol–water partition coefficient (Wildman–Crippen LogP) is 3.58. The maximum Gasteiger partial charge on any atom is 0.360 e. The Morgan fingerprint density at radius 1 is 1.37 bits per heavy atom. The molecule has 2 rings (SSSR count). The van der Waals surface area contributed by atoms with Crippen LogP contribution in [0.25, 0.3) is 0 Å². The van der Waals surface area contributed by atoms with Crippen molar-refractivity contribution in [1.82, 2.24) is 9.88 Å². The molecule has 0 saturated carbocycles. The molecule has 1 heterocycles. The van der Waals surface area contributed by atoms with Crippen LogP contribution in [0.1, 0.15) is 29.7 Å². The Morgan fingerprint density at radius 3 is 2.89 bits per heavy atom. The molecule has 0 aliphatic rings. The number of esters is 1. The van der Waals surface area contributed by atoms with Gasteiger partial charge in [0.2, 0.25) is 5.89 Å². The number of anilines is 1. The highest BCUT2D eigenvalue weighted by atomic mass is 35.5. The van der Waals surface area contributed by atoms with Gasteiger partial charge in [-0.2, -0.15) is 0 Å². The lowest BCUT2D eigenvalue weighted by Gasteiger charge is -2.21. The van der Waals surface area contributed by atoms with Crippen LogP contribution in [0.15, 0.2) is 34.9 Å². The maximum absolute atomic E-state index is 12.7. The number of methoxy groups -OCH3 is 1. The van der Waals surface area contributed by atoms with Gasteiger partial charge in [-0.25, -0.2) is 14.6 Å². The fourth-order valence-corrected chi connectivity index (χ4v) is 2.46. The first-order valence-corrected chi connectivity index (χ1v) is 8.83. The Labute approximate surface area is 162 Å². The van der Waals surface area contributed by atoms with E-state index in [1.54, 1.807) is 24.3 Å². The number of rotatable bonds is 9. The van der Waals surface area contributed by atoms with Crippen molar-refractivity contribution in [3.05, 3.63) is 47.1 Å². The van der Waals surface area contributed by atoms with Gasteiger partial charge in [0.15, 0.2) is 5.69 Å². The van der Waals surface area contributed by atoms with E-state index in [9.17, 15) is 9.59 Å². The lowest BCUT2D eigenvalue weighted by atomic mass is 10.3. The Balaban J connectivity index is 2.06. The Kier molecular flexibility index (Phi) is 8.09. The largest absolute Gasteiger partial charge is 0.464 e. The van der Waals surface area contributed by atoms with Crippen LogP contribution >= 0.6 is 11.6 Å². The minimum Gasteiger partial charge on any atom is -0.464 e. The number of halogens is 1. The van der Waals surface area contributed by atoms with Crippen molar-refractivity contribution in [3.63, 3.8) is 0 Å². The van der Waals surface area contributed by atoms with E-state index in [-0.39, 0.29) is 24.2 Å². The number of ether oxygens (including phenoxy) is 2. The van der Waals surface area contributed by atoms with Gasteiger partial charge >= 0.3 is 12.0 Å². The molecule has 8 nitrogen and oxygen atoms in total. The van der Waals surface area contributed by atoms with Gasteiger partial charge in [0.1, 0.15) is 6.26 Å². The topological polar surface area (TPSA) is 93.9 Å². The van der Waals surface area contributed by atoms with E-state index in [0.717, 1.165) is 0 Å². The van der Waals surface area contributed by atoms with E-state index in [0.29, 0.717) is 36.9 Å². The summed E-state index contributed by atoms with van der Waals surface area (Å²) in [5.74, 6) is -0.371. The standard InChI is InChI=1S/C18H22ClN3O5/c1-3-26-9-5-8-22(11-16-21-15(12-27-16)17(23)25-2)18(24)20-14-7-4-6-13(19)10-14/h4,6-7,10,12H,3,5,8-9,11H2,1-2H3,(H,20,24). The number of carbonyl (C=O) groups is 2. The maximum atomic E-state index is 12.7. The molecule has 0 unspecified atom stereocenters. The van der Waals surface area contributed by atoms with E-state index in [1.165, 1.54) is 18.3 Å². The number of benzene rings is 1. The fraction of sp³-hybridized carbons (Fsp3) is 0.389. The molecule has 2 aromatic rings. The van der Waals surface area contributed by atoms with Gasteiger partial charge in [-0.1, -0.05) is 17.7 Å². The molecule has 1 aromatic heterocycles. The summed E-state index contributed by atoms with van der Waals surface area (Å²) in [6.07, 6.45) is 1.84. The number of aromatic nitrogens is 1. The number of nitrogens with one attached hydrogen (secondary N) is 1. The number of carbonyl (C=O) groups excluding carboxylic acids is 2. The molecular formula is C18H22ClN3O5. The summed E-state index contributed by atoms with van der Waals surface area (Å²) in [7, 11) is 1.26. The first kappa shape index (κ1) is 20.7. The smallest absolute Gasteiger partial charge is 0.360 e. The van der Waals surface area contributed by atoms with Crippen molar-refractivity contribution in [1.29, 1.82) is 0 Å². The highest BCUT2D eigenvalue weighted by Gasteiger charge is 2.19. The molecular weight excluding hydrogens is 374 g/mol. The summed E-state index contributed by atoms with van der Waals surface area (Å²) in [5.41, 5.74) is 0.627. The summed E-state index contributed by atoms with van der Waals surface area (Å²) in [6.45, 7) is 3.55. The average Bonchev–Trinajstić information content (AvgIpc) is 3.12. The molecule has 146 valence electrons. The fourth-order valence-electron chi connectivity index (χ4n) is 2.27. The van der Waals surface area contributed by atoms with Crippen molar-refractivity contribution >= 4 is 29.3 Å². The van der Waals surface area contributed by atoms with Crippen molar-refractivity contribution in [2.45, 2.75) is 19.9 Å². The summed E-state index contributed by atoms with van der Waals surface area (Å²) in [6, 6.07) is 6.51. The van der Waals surface area contributed by atoms with Crippen LogP contribution in [-0.2, 0) is 16.0 Å². The van der Waals surface area contributed by atoms with E-state index in [4.69, 9.17) is 20.8 Å². The Bertz CT molecular complexity index is 765. The molecule has 1 aromatic carbocycles.